The van der Waals surface area contributed by atoms with Gasteiger partial charge in [0.2, 0.25) is 0 Å². The van der Waals surface area contributed by atoms with Crippen LogP contribution in [-0.4, -0.2) is 12.1 Å². The van der Waals surface area contributed by atoms with Crippen molar-refractivity contribution in [2.45, 2.75) is 20.3 Å². The molecule has 1 aromatic rings. The van der Waals surface area contributed by atoms with Crippen LogP contribution in [0, 0.1) is 0 Å². The number of hydrogen-bond acceptors (Lipinski definition) is 3. The monoisotopic (exact) mass is 168 g/mol. The summed E-state index contributed by atoms with van der Waals surface area (Å²) < 4.78 is 4.61. The van der Waals surface area contributed by atoms with Crippen molar-refractivity contribution in [2.24, 2.45) is 0 Å². The maximum absolute atomic E-state index is 9.81. The maximum atomic E-state index is 9.81. The summed E-state index contributed by atoms with van der Waals surface area (Å²) >= 11 is 0. The lowest BCUT2D eigenvalue weighted by molar-refractivity contribution is -0.116. The summed E-state index contributed by atoms with van der Waals surface area (Å²) in [6.07, 6.45) is 2.80. The normalized spacial score (nSPS) is 8.17. The highest BCUT2D eigenvalue weighted by Gasteiger charge is 1.84. The van der Waals surface area contributed by atoms with Gasteiger partial charge in [-0.1, -0.05) is 6.92 Å². The third kappa shape index (κ3) is 5.41. The lowest BCUT2D eigenvalue weighted by Crippen LogP contribution is -1.80. The smallest absolute Gasteiger partial charge is 0.185 e. The fourth-order valence-electron chi connectivity index (χ4n) is 0.358. The minimum atomic E-state index is 0.255. The highest BCUT2D eigenvalue weighted by Crippen LogP contribution is 1.92. The van der Waals surface area contributed by atoms with Gasteiger partial charge in [-0.2, -0.15) is 0 Å². The fraction of sp³-hybridized carbons (Fsp3) is 0.333. The Balaban J connectivity index is 0.000000217. The molecule has 0 saturated carbocycles. The lowest BCUT2D eigenvalue weighted by Gasteiger charge is -1.71. The molecule has 0 atom stereocenters. The predicted molar refractivity (Wildman–Crippen MR) is 45.1 cm³/mol. The van der Waals surface area contributed by atoms with Crippen LogP contribution in [0.2, 0.25) is 0 Å². The van der Waals surface area contributed by atoms with E-state index in [0.29, 0.717) is 18.5 Å². The Hall–Kier alpha value is -1.38. The van der Waals surface area contributed by atoms with E-state index in [9.17, 15) is 9.59 Å². The summed E-state index contributed by atoms with van der Waals surface area (Å²) in [4.78, 5) is 19.6. The summed E-state index contributed by atoms with van der Waals surface area (Å²) in [7, 11) is 0. The third-order valence-electron chi connectivity index (χ3n) is 1.16. The molecular formula is C9H12O3. The Labute approximate surface area is 71.4 Å². The average molecular weight is 168 g/mol. The van der Waals surface area contributed by atoms with Crippen LogP contribution in [0.1, 0.15) is 30.8 Å². The van der Waals surface area contributed by atoms with Gasteiger partial charge in [0.05, 0.1) is 6.26 Å². The van der Waals surface area contributed by atoms with Crippen LogP contribution < -0.4 is 0 Å². The second-order valence-corrected chi connectivity index (χ2v) is 2.19. The Bertz CT molecular complexity index is 224. The van der Waals surface area contributed by atoms with E-state index >= 15 is 0 Å². The van der Waals surface area contributed by atoms with E-state index < -0.39 is 0 Å². The SMILES string of the molecule is CCC(C)=O.O=Cc1ccco1. The second-order valence-electron chi connectivity index (χ2n) is 2.19. The second kappa shape index (κ2) is 6.34. The molecule has 0 N–H and O–H groups in total. The van der Waals surface area contributed by atoms with Crippen molar-refractivity contribution >= 4 is 12.1 Å². The van der Waals surface area contributed by atoms with Crippen molar-refractivity contribution in [1.82, 2.24) is 0 Å². The predicted octanol–water partition coefficient (Wildman–Crippen LogP) is 2.08. The van der Waals surface area contributed by atoms with Crippen molar-refractivity contribution < 1.29 is 14.0 Å². The molecule has 1 heterocycles. The number of rotatable bonds is 2. The van der Waals surface area contributed by atoms with Crippen LogP contribution in [0.15, 0.2) is 22.8 Å². The molecule has 0 spiro atoms. The molecule has 1 rings (SSSR count). The summed E-state index contributed by atoms with van der Waals surface area (Å²) in [5.41, 5.74) is 0. The van der Waals surface area contributed by atoms with Crippen LogP contribution in [-0.2, 0) is 4.79 Å². The highest BCUT2D eigenvalue weighted by atomic mass is 16.3. The van der Waals surface area contributed by atoms with Gasteiger partial charge in [-0.3, -0.25) is 4.79 Å². The number of hydrogen-bond donors (Lipinski definition) is 0. The Kier molecular flexibility index (Phi) is 5.61. The Morgan fingerprint density at radius 1 is 1.67 bits per heavy atom. The quantitative estimate of drug-likeness (QED) is 0.635. The summed E-state index contributed by atoms with van der Waals surface area (Å²) in [5.74, 6) is 0.630. The van der Waals surface area contributed by atoms with E-state index in [0.717, 1.165) is 0 Å². The number of carbonyl (C=O) groups is 2. The molecule has 0 fully saturated rings. The summed E-state index contributed by atoms with van der Waals surface area (Å²) in [6.45, 7) is 3.43. The number of aldehydes is 1. The molecule has 3 heteroatoms. The van der Waals surface area contributed by atoms with Gasteiger partial charge < -0.3 is 9.21 Å². The molecule has 66 valence electrons. The first-order chi connectivity index (χ1) is 5.70. The number of ketones is 1. The zero-order valence-electron chi connectivity index (χ0n) is 7.24. The van der Waals surface area contributed by atoms with E-state index in [2.05, 4.69) is 4.42 Å². The molecular weight excluding hydrogens is 156 g/mol. The number of carbonyl (C=O) groups excluding carboxylic acids is 2. The molecule has 12 heavy (non-hydrogen) atoms. The average Bonchev–Trinajstić information content (AvgIpc) is 2.57. The zero-order valence-corrected chi connectivity index (χ0v) is 7.24. The minimum Gasteiger partial charge on any atom is -0.462 e. The zero-order chi connectivity index (χ0) is 9.40. The van der Waals surface area contributed by atoms with Crippen LogP contribution >= 0.6 is 0 Å². The van der Waals surface area contributed by atoms with Crippen molar-refractivity contribution in [3.05, 3.63) is 24.2 Å². The minimum absolute atomic E-state index is 0.255. The number of furan rings is 1. The standard InChI is InChI=1S/C5H4O2.C4H8O/c6-4-5-2-1-3-7-5;1-3-4(2)5/h1-4H;3H2,1-2H3. The van der Waals surface area contributed by atoms with E-state index in [4.69, 9.17) is 0 Å². The van der Waals surface area contributed by atoms with Crippen LogP contribution in [0.3, 0.4) is 0 Å². The number of Topliss-reactive ketones (excluding diaryl/α,β-unsaturated/α-hetero) is 1. The topological polar surface area (TPSA) is 47.3 Å². The van der Waals surface area contributed by atoms with Crippen LogP contribution in [0.4, 0.5) is 0 Å². The highest BCUT2D eigenvalue weighted by molar-refractivity contribution is 5.74. The lowest BCUT2D eigenvalue weighted by atomic mass is 10.4. The van der Waals surface area contributed by atoms with Gasteiger partial charge in [-0.25, -0.2) is 0 Å². The molecule has 0 saturated heterocycles. The summed E-state index contributed by atoms with van der Waals surface area (Å²) in [6, 6.07) is 3.27. The van der Waals surface area contributed by atoms with Crippen molar-refractivity contribution in [2.75, 3.05) is 0 Å². The van der Waals surface area contributed by atoms with Crippen molar-refractivity contribution in [1.29, 1.82) is 0 Å². The molecule has 0 aliphatic carbocycles. The third-order valence-corrected chi connectivity index (χ3v) is 1.16. The van der Waals surface area contributed by atoms with Gasteiger partial charge >= 0.3 is 0 Å². The first-order valence-electron chi connectivity index (χ1n) is 3.68. The van der Waals surface area contributed by atoms with E-state index in [1.807, 2.05) is 6.92 Å². The van der Waals surface area contributed by atoms with Gasteiger partial charge in [0.15, 0.2) is 12.0 Å². The molecule has 3 nitrogen and oxygen atoms in total. The molecule has 1 aromatic heterocycles. The Morgan fingerprint density at radius 2 is 2.25 bits per heavy atom. The van der Waals surface area contributed by atoms with Gasteiger partial charge in [-0.05, 0) is 19.1 Å². The Morgan fingerprint density at radius 3 is 2.42 bits per heavy atom. The van der Waals surface area contributed by atoms with Crippen molar-refractivity contribution in [3.8, 4) is 0 Å². The maximum Gasteiger partial charge on any atom is 0.185 e. The first kappa shape index (κ1) is 10.6. The van der Waals surface area contributed by atoms with Crippen molar-refractivity contribution in [3.63, 3.8) is 0 Å². The van der Waals surface area contributed by atoms with Gasteiger partial charge in [-0.15, -0.1) is 0 Å². The van der Waals surface area contributed by atoms with E-state index in [1.165, 1.54) is 6.26 Å². The molecule has 0 radical (unpaired) electrons. The molecule has 0 unspecified atom stereocenters. The fourth-order valence-corrected chi connectivity index (χ4v) is 0.358. The largest absolute Gasteiger partial charge is 0.462 e. The molecule has 0 aromatic carbocycles. The van der Waals surface area contributed by atoms with Gasteiger partial charge in [0.25, 0.3) is 0 Å². The van der Waals surface area contributed by atoms with E-state index in [1.54, 1.807) is 19.1 Å². The molecule has 0 aliphatic rings. The van der Waals surface area contributed by atoms with Crippen LogP contribution in [0.5, 0.6) is 0 Å². The van der Waals surface area contributed by atoms with Gasteiger partial charge in [0.1, 0.15) is 5.78 Å². The summed E-state index contributed by atoms with van der Waals surface area (Å²) in [5, 5.41) is 0. The van der Waals surface area contributed by atoms with Crippen LogP contribution in [0.25, 0.3) is 0 Å². The van der Waals surface area contributed by atoms with E-state index in [-0.39, 0.29) is 5.78 Å². The molecule has 0 aliphatic heterocycles. The molecule has 0 amide bonds. The van der Waals surface area contributed by atoms with Gasteiger partial charge in [0, 0.05) is 6.42 Å². The first-order valence-corrected chi connectivity index (χ1v) is 3.68. The molecule has 0 bridgehead atoms.